The van der Waals surface area contributed by atoms with E-state index in [1.165, 1.54) is 18.2 Å². The van der Waals surface area contributed by atoms with Crippen molar-refractivity contribution in [2.45, 2.75) is 0 Å². The van der Waals surface area contributed by atoms with E-state index in [-0.39, 0.29) is 17.0 Å². The highest BCUT2D eigenvalue weighted by Gasteiger charge is 2.14. The molecule has 0 saturated heterocycles. The number of carbonyl (C=O) groups is 1. The molecule has 0 saturated carbocycles. The van der Waals surface area contributed by atoms with E-state index in [9.17, 15) is 14.9 Å². The van der Waals surface area contributed by atoms with Crippen molar-refractivity contribution in [3.05, 3.63) is 61.6 Å². The molecule has 20 heavy (non-hydrogen) atoms. The number of hydrogen-bond acceptors (Lipinski definition) is 4. The van der Waals surface area contributed by atoms with Gasteiger partial charge in [0.2, 0.25) is 0 Å². The van der Waals surface area contributed by atoms with E-state index >= 15 is 0 Å². The van der Waals surface area contributed by atoms with Gasteiger partial charge < -0.3 is 4.74 Å². The summed E-state index contributed by atoms with van der Waals surface area (Å²) in [5.74, 6) is 0.671. The van der Waals surface area contributed by atoms with Gasteiger partial charge in [0.05, 0.1) is 15.5 Å². The molecule has 0 spiro atoms. The lowest BCUT2D eigenvalue weighted by molar-refractivity contribution is -0.385. The first-order chi connectivity index (χ1) is 9.51. The maximum absolute atomic E-state index is 10.9. The van der Waals surface area contributed by atoms with Gasteiger partial charge in [0, 0.05) is 10.5 Å². The van der Waals surface area contributed by atoms with Crippen molar-refractivity contribution in [2.24, 2.45) is 0 Å². The molecule has 0 aliphatic rings. The van der Waals surface area contributed by atoms with Gasteiger partial charge in [0.25, 0.3) is 5.69 Å². The summed E-state index contributed by atoms with van der Waals surface area (Å²) in [5.41, 5.74) is -0.327. The Morgan fingerprint density at radius 2 is 2.00 bits per heavy atom. The van der Waals surface area contributed by atoms with Crippen LogP contribution in [0.5, 0.6) is 11.5 Å². The summed E-state index contributed by atoms with van der Waals surface area (Å²) in [4.78, 5) is 21.0. The third-order valence-electron chi connectivity index (χ3n) is 2.44. The zero-order valence-electron chi connectivity index (χ0n) is 9.88. The molecule has 2 rings (SSSR count). The average molecular weight is 357 g/mol. The number of aldehydes is 1. The first kappa shape index (κ1) is 14.5. The molecule has 0 N–H and O–H groups in total. The second-order valence-corrected chi connectivity index (χ2v) is 5.10. The molecule has 7 heteroatoms. The number of carbonyl (C=O) groups excluding carboxylic acids is 1. The van der Waals surface area contributed by atoms with Crippen LogP contribution in [0.15, 0.2) is 40.9 Å². The van der Waals surface area contributed by atoms with Gasteiger partial charge in [-0.05, 0) is 30.3 Å². The lowest BCUT2D eigenvalue weighted by atomic mass is 10.2. The van der Waals surface area contributed by atoms with Crippen LogP contribution in [0.4, 0.5) is 5.69 Å². The van der Waals surface area contributed by atoms with Crippen LogP contribution < -0.4 is 4.74 Å². The third kappa shape index (κ3) is 3.15. The fourth-order valence-corrected chi connectivity index (χ4v) is 2.04. The highest BCUT2D eigenvalue weighted by Crippen LogP contribution is 2.33. The molecule has 0 fully saturated rings. The van der Waals surface area contributed by atoms with Crippen molar-refractivity contribution in [1.82, 2.24) is 0 Å². The maximum atomic E-state index is 10.9. The second kappa shape index (κ2) is 6.02. The van der Waals surface area contributed by atoms with E-state index in [1.807, 2.05) is 0 Å². The number of nitro benzene ring substituents is 1. The van der Waals surface area contributed by atoms with Gasteiger partial charge in [-0.15, -0.1) is 0 Å². The van der Waals surface area contributed by atoms with Crippen LogP contribution in [0.25, 0.3) is 0 Å². The highest BCUT2D eigenvalue weighted by atomic mass is 79.9. The highest BCUT2D eigenvalue weighted by molar-refractivity contribution is 9.10. The Morgan fingerprint density at radius 3 is 2.65 bits per heavy atom. The van der Waals surface area contributed by atoms with E-state index in [0.29, 0.717) is 17.1 Å². The summed E-state index contributed by atoms with van der Waals surface area (Å²) in [6.45, 7) is 0. The Bertz CT molecular complexity index is 690. The Morgan fingerprint density at radius 1 is 1.25 bits per heavy atom. The van der Waals surface area contributed by atoms with E-state index in [0.717, 1.165) is 4.47 Å². The van der Waals surface area contributed by atoms with Crippen LogP contribution in [0.1, 0.15) is 10.4 Å². The van der Waals surface area contributed by atoms with Crippen LogP contribution in [0.3, 0.4) is 0 Å². The van der Waals surface area contributed by atoms with Crippen LogP contribution in [0, 0.1) is 10.1 Å². The molecule has 0 atom stereocenters. The van der Waals surface area contributed by atoms with Crippen LogP contribution >= 0.6 is 27.5 Å². The molecule has 0 aliphatic heterocycles. The molecule has 2 aromatic carbocycles. The predicted molar refractivity (Wildman–Crippen MR) is 77.7 cm³/mol. The molecule has 0 unspecified atom stereocenters. The van der Waals surface area contributed by atoms with Crippen molar-refractivity contribution in [3.8, 4) is 11.5 Å². The SMILES string of the molecule is O=Cc1cc(Oc2cc(Br)ccc2Cl)ccc1[N+](=O)[O-]. The van der Waals surface area contributed by atoms with Gasteiger partial charge in [-0.25, -0.2) is 0 Å². The third-order valence-corrected chi connectivity index (χ3v) is 3.25. The number of ether oxygens (including phenoxy) is 1. The number of nitrogens with zero attached hydrogens (tertiary/aromatic N) is 1. The lowest BCUT2D eigenvalue weighted by Gasteiger charge is -2.08. The van der Waals surface area contributed by atoms with Crippen molar-refractivity contribution in [3.63, 3.8) is 0 Å². The van der Waals surface area contributed by atoms with E-state index in [4.69, 9.17) is 16.3 Å². The quantitative estimate of drug-likeness (QED) is 0.455. The molecule has 102 valence electrons. The minimum absolute atomic E-state index is 0.0568. The maximum Gasteiger partial charge on any atom is 0.280 e. The Balaban J connectivity index is 2.37. The Hall–Kier alpha value is -1.92. The zero-order chi connectivity index (χ0) is 14.7. The first-order valence-corrected chi connectivity index (χ1v) is 6.55. The smallest absolute Gasteiger partial charge is 0.280 e. The van der Waals surface area contributed by atoms with Crippen LogP contribution in [-0.2, 0) is 0 Å². The minimum atomic E-state index is -0.625. The first-order valence-electron chi connectivity index (χ1n) is 5.38. The van der Waals surface area contributed by atoms with E-state index in [2.05, 4.69) is 15.9 Å². The lowest BCUT2D eigenvalue weighted by Crippen LogP contribution is -1.95. The molecule has 0 aliphatic carbocycles. The van der Waals surface area contributed by atoms with Gasteiger partial charge in [-0.3, -0.25) is 14.9 Å². The van der Waals surface area contributed by atoms with E-state index < -0.39 is 4.92 Å². The topological polar surface area (TPSA) is 69.4 Å². The fraction of sp³-hybridized carbons (Fsp3) is 0. The largest absolute Gasteiger partial charge is 0.456 e. The number of halogens is 2. The van der Waals surface area contributed by atoms with Gasteiger partial charge in [-0.2, -0.15) is 0 Å². The molecule has 0 aromatic heterocycles. The molecular weight excluding hydrogens is 350 g/mol. The van der Waals surface area contributed by atoms with Gasteiger partial charge in [-0.1, -0.05) is 27.5 Å². The Kier molecular flexibility index (Phi) is 4.36. The summed E-state index contributed by atoms with van der Waals surface area (Å²) in [6.07, 6.45) is 0.410. The number of rotatable bonds is 4. The second-order valence-electron chi connectivity index (χ2n) is 3.77. The molecular formula is C13H7BrClNO4. The Labute approximate surface area is 127 Å². The summed E-state index contributed by atoms with van der Waals surface area (Å²) < 4.78 is 6.30. The van der Waals surface area contributed by atoms with Gasteiger partial charge in [0.15, 0.2) is 6.29 Å². The van der Waals surface area contributed by atoms with Crippen molar-refractivity contribution >= 4 is 39.5 Å². The van der Waals surface area contributed by atoms with Crippen LogP contribution in [-0.4, -0.2) is 11.2 Å². The normalized spacial score (nSPS) is 10.1. The van der Waals surface area contributed by atoms with Gasteiger partial charge >= 0.3 is 0 Å². The van der Waals surface area contributed by atoms with Crippen molar-refractivity contribution in [1.29, 1.82) is 0 Å². The molecule has 0 amide bonds. The monoisotopic (exact) mass is 355 g/mol. The number of nitro groups is 1. The summed E-state index contributed by atoms with van der Waals surface area (Å²) in [6, 6.07) is 8.97. The summed E-state index contributed by atoms with van der Waals surface area (Å²) >= 11 is 9.26. The summed E-state index contributed by atoms with van der Waals surface area (Å²) in [5, 5.41) is 11.1. The number of benzene rings is 2. The van der Waals surface area contributed by atoms with Crippen molar-refractivity contribution in [2.75, 3.05) is 0 Å². The zero-order valence-corrected chi connectivity index (χ0v) is 12.2. The minimum Gasteiger partial charge on any atom is -0.456 e. The van der Waals surface area contributed by atoms with E-state index in [1.54, 1.807) is 18.2 Å². The molecule has 0 heterocycles. The summed E-state index contributed by atoms with van der Waals surface area (Å²) in [7, 11) is 0. The van der Waals surface area contributed by atoms with Crippen molar-refractivity contribution < 1.29 is 14.5 Å². The fourth-order valence-electron chi connectivity index (χ4n) is 1.54. The number of hydrogen-bond donors (Lipinski definition) is 0. The standard InChI is InChI=1S/C13H7BrClNO4/c14-9-1-3-11(15)13(6-9)20-10-2-4-12(16(18)19)8(5-10)7-17/h1-7H. The molecule has 5 nitrogen and oxygen atoms in total. The molecule has 0 radical (unpaired) electrons. The molecule has 0 bridgehead atoms. The average Bonchev–Trinajstić information content (AvgIpc) is 2.42. The predicted octanol–water partition coefficient (Wildman–Crippen LogP) is 4.62. The van der Waals surface area contributed by atoms with Crippen LogP contribution in [0.2, 0.25) is 5.02 Å². The molecule has 2 aromatic rings. The van der Waals surface area contributed by atoms with Gasteiger partial charge in [0.1, 0.15) is 11.5 Å².